The number of aromatic nitrogens is 2. The number of ketones is 1. The van der Waals surface area contributed by atoms with Crippen molar-refractivity contribution in [3.05, 3.63) is 61.8 Å². The van der Waals surface area contributed by atoms with E-state index < -0.39 is 17.3 Å². The lowest BCUT2D eigenvalue weighted by atomic mass is 9.97. The summed E-state index contributed by atoms with van der Waals surface area (Å²) in [7, 11) is 2.80. The van der Waals surface area contributed by atoms with E-state index in [1.165, 1.54) is 25.2 Å². The van der Waals surface area contributed by atoms with Crippen molar-refractivity contribution in [3.8, 4) is 0 Å². The number of carbonyl (C=O) groups excluding carboxylic acids is 1. The lowest BCUT2D eigenvalue weighted by Gasteiger charge is -2.33. The highest BCUT2D eigenvalue weighted by Gasteiger charge is 2.30. The van der Waals surface area contributed by atoms with E-state index >= 15 is 0 Å². The van der Waals surface area contributed by atoms with Crippen LogP contribution in [0.25, 0.3) is 0 Å². The van der Waals surface area contributed by atoms with Crippen molar-refractivity contribution in [1.82, 2.24) is 14.0 Å². The predicted octanol–water partition coefficient (Wildman–Crippen LogP) is 0.296. The summed E-state index contributed by atoms with van der Waals surface area (Å²) in [6.45, 7) is 3.16. The van der Waals surface area contributed by atoms with E-state index in [0.29, 0.717) is 6.54 Å². The number of nitrogen functional groups attached to an aromatic ring is 1. The third-order valence-electron chi connectivity index (χ3n) is 5.04. The molecule has 1 unspecified atom stereocenters. The Morgan fingerprint density at radius 1 is 1.12 bits per heavy atom. The quantitative estimate of drug-likeness (QED) is 0.810. The second-order valence-corrected chi connectivity index (χ2v) is 6.50. The molecule has 3 rings (SSSR count). The Kier molecular flexibility index (Phi) is 4.34. The fraction of sp³-hybridized carbons (Fsp3) is 0.389. The molecule has 1 aliphatic heterocycles. The molecular weight excluding hydrogens is 320 g/mol. The molecule has 0 amide bonds. The van der Waals surface area contributed by atoms with Crippen LogP contribution in [0.2, 0.25) is 0 Å². The van der Waals surface area contributed by atoms with Gasteiger partial charge in [0.15, 0.2) is 5.78 Å². The minimum Gasteiger partial charge on any atom is -0.384 e. The fourth-order valence-corrected chi connectivity index (χ4v) is 3.31. The zero-order valence-corrected chi connectivity index (χ0v) is 14.7. The highest BCUT2D eigenvalue weighted by Crippen LogP contribution is 2.21. The van der Waals surface area contributed by atoms with Crippen LogP contribution in [-0.4, -0.2) is 32.4 Å². The molecule has 0 bridgehead atoms. The van der Waals surface area contributed by atoms with Crippen LogP contribution in [-0.2, 0) is 27.1 Å². The molecule has 0 saturated heterocycles. The maximum Gasteiger partial charge on any atom is 0.332 e. The van der Waals surface area contributed by atoms with Crippen molar-refractivity contribution >= 4 is 11.6 Å². The molecule has 1 atom stereocenters. The van der Waals surface area contributed by atoms with Gasteiger partial charge in [-0.2, -0.15) is 0 Å². The van der Waals surface area contributed by atoms with Gasteiger partial charge in [0.2, 0.25) is 0 Å². The van der Waals surface area contributed by atoms with Gasteiger partial charge in [-0.15, -0.1) is 0 Å². The van der Waals surface area contributed by atoms with Crippen LogP contribution >= 0.6 is 0 Å². The molecule has 0 aliphatic carbocycles. The van der Waals surface area contributed by atoms with E-state index in [2.05, 4.69) is 12.1 Å². The predicted molar refractivity (Wildman–Crippen MR) is 95.7 cm³/mol. The molecule has 1 aliphatic rings. The van der Waals surface area contributed by atoms with Crippen molar-refractivity contribution in [2.75, 3.05) is 12.3 Å². The first-order valence-electron chi connectivity index (χ1n) is 8.23. The number of benzene rings is 1. The van der Waals surface area contributed by atoms with Crippen LogP contribution in [0.5, 0.6) is 0 Å². The lowest BCUT2D eigenvalue weighted by molar-refractivity contribution is 0.0817. The number of carbonyl (C=O) groups is 1. The summed E-state index contributed by atoms with van der Waals surface area (Å²) in [5.41, 5.74) is 7.08. The van der Waals surface area contributed by atoms with E-state index in [9.17, 15) is 14.4 Å². The maximum atomic E-state index is 13.0. The van der Waals surface area contributed by atoms with Crippen LogP contribution in [0.1, 0.15) is 28.4 Å². The number of nitrogens with zero attached hydrogens (tertiary/aromatic N) is 3. The highest BCUT2D eigenvalue weighted by molar-refractivity contribution is 6.03. The number of anilines is 1. The molecule has 7 nitrogen and oxygen atoms in total. The van der Waals surface area contributed by atoms with Crippen molar-refractivity contribution in [2.24, 2.45) is 14.1 Å². The number of rotatable bonds is 3. The molecule has 1 aromatic carbocycles. The van der Waals surface area contributed by atoms with Gasteiger partial charge in [-0.25, -0.2) is 4.79 Å². The van der Waals surface area contributed by atoms with Gasteiger partial charge in [0.1, 0.15) is 11.4 Å². The molecule has 2 aromatic rings. The number of Topliss-reactive ketones (excluding diaryl/α,β-unsaturated/α-hetero) is 1. The second kappa shape index (κ2) is 6.33. The van der Waals surface area contributed by atoms with E-state index in [1.807, 2.05) is 17.0 Å². The minimum absolute atomic E-state index is 0.0811. The first-order chi connectivity index (χ1) is 11.8. The van der Waals surface area contributed by atoms with Crippen LogP contribution in [0.4, 0.5) is 5.82 Å². The Bertz CT molecular complexity index is 958. The van der Waals surface area contributed by atoms with Crippen molar-refractivity contribution in [1.29, 1.82) is 0 Å². The smallest absolute Gasteiger partial charge is 0.332 e. The van der Waals surface area contributed by atoms with Crippen molar-refractivity contribution < 1.29 is 4.79 Å². The third kappa shape index (κ3) is 2.80. The van der Waals surface area contributed by atoms with Gasteiger partial charge in [0.05, 0.1) is 6.04 Å². The van der Waals surface area contributed by atoms with Gasteiger partial charge >= 0.3 is 5.69 Å². The Labute approximate surface area is 145 Å². The maximum absolute atomic E-state index is 13.0. The van der Waals surface area contributed by atoms with Crippen molar-refractivity contribution in [2.45, 2.75) is 25.9 Å². The summed E-state index contributed by atoms with van der Waals surface area (Å²) in [5.74, 6) is -0.435. The zero-order valence-electron chi connectivity index (χ0n) is 14.7. The first kappa shape index (κ1) is 17.2. The molecule has 7 heteroatoms. The molecule has 132 valence electrons. The summed E-state index contributed by atoms with van der Waals surface area (Å²) in [6, 6.07) is 7.65. The lowest BCUT2D eigenvalue weighted by Crippen LogP contribution is -2.47. The monoisotopic (exact) mass is 342 g/mol. The summed E-state index contributed by atoms with van der Waals surface area (Å²) in [5, 5.41) is 0. The van der Waals surface area contributed by atoms with Gasteiger partial charge in [-0.1, -0.05) is 24.3 Å². The van der Waals surface area contributed by atoms with Crippen LogP contribution in [0.15, 0.2) is 33.9 Å². The second-order valence-electron chi connectivity index (χ2n) is 6.50. The molecule has 25 heavy (non-hydrogen) atoms. The molecule has 2 N–H and O–H groups in total. The van der Waals surface area contributed by atoms with Gasteiger partial charge in [0, 0.05) is 27.2 Å². The zero-order chi connectivity index (χ0) is 18.3. The molecule has 0 spiro atoms. The fourth-order valence-electron chi connectivity index (χ4n) is 3.31. The highest BCUT2D eigenvalue weighted by atomic mass is 16.2. The summed E-state index contributed by atoms with van der Waals surface area (Å²) in [6.07, 6.45) is 0.856. The molecule has 1 aromatic heterocycles. The molecular formula is C18H22N4O3. The minimum atomic E-state index is -0.644. The average Bonchev–Trinajstić information content (AvgIpc) is 2.63. The SMILES string of the molecule is CC(C(=O)c1c(N)n(C)c(=O)n(C)c1=O)N1CCc2ccccc2C1. The molecule has 0 radical (unpaired) electrons. The Balaban J connectivity index is 1.95. The van der Waals surface area contributed by atoms with E-state index in [1.54, 1.807) is 6.92 Å². The van der Waals surface area contributed by atoms with E-state index in [4.69, 9.17) is 5.73 Å². The molecule has 0 saturated carbocycles. The van der Waals surface area contributed by atoms with E-state index in [0.717, 1.165) is 22.1 Å². The van der Waals surface area contributed by atoms with E-state index in [-0.39, 0.29) is 17.2 Å². The summed E-state index contributed by atoms with van der Waals surface area (Å²) >= 11 is 0. The molecule has 0 fully saturated rings. The van der Waals surface area contributed by atoms with Gasteiger partial charge in [0.25, 0.3) is 5.56 Å². The normalized spacial score (nSPS) is 15.6. The van der Waals surface area contributed by atoms with Crippen molar-refractivity contribution in [3.63, 3.8) is 0 Å². The standard InChI is InChI=1S/C18H22N4O3/c1-11(22-9-8-12-6-4-5-7-13(12)10-22)15(23)14-16(19)20(2)18(25)21(3)17(14)24/h4-7,11H,8-10,19H2,1-3H3. The van der Waals surface area contributed by atoms with Crippen LogP contribution in [0.3, 0.4) is 0 Å². The van der Waals surface area contributed by atoms with Crippen LogP contribution in [0, 0.1) is 0 Å². The summed E-state index contributed by atoms with van der Waals surface area (Å²) < 4.78 is 2.05. The first-order valence-corrected chi connectivity index (χ1v) is 8.23. The Morgan fingerprint density at radius 2 is 1.76 bits per heavy atom. The Morgan fingerprint density at radius 3 is 2.44 bits per heavy atom. The van der Waals surface area contributed by atoms with Gasteiger partial charge in [-0.05, 0) is 24.5 Å². The summed E-state index contributed by atoms with van der Waals surface area (Å²) in [4.78, 5) is 39.3. The number of fused-ring (bicyclic) bond motifs is 1. The largest absolute Gasteiger partial charge is 0.384 e. The number of hydrogen-bond donors (Lipinski definition) is 1. The van der Waals surface area contributed by atoms with Gasteiger partial charge < -0.3 is 5.73 Å². The third-order valence-corrected chi connectivity index (χ3v) is 5.04. The number of hydrogen-bond acceptors (Lipinski definition) is 5. The average molecular weight is 342 g/mol. The van der Waals surface area contributed by atoms with Gasteiger partial charge in [-0.3, -0.25) is 23.6 Å². The topological polar surface area (TPSA) is 90.3 Å². The number of nitrogens with two attached hydrogens (primary N) is 1. The molecule has 2 heterocycles. The Hall–Kier alpha value is -2.67. The van der Waals surface area contributed by atoms with Crippen LogP contribution < -0.4 is 17.0 Å².